The minimum atomic E-state index is 0.0347. The van der Waals surface area contributed by atoms with Crippen molar-refractivity contribution in [3.63, 3.8) is 0 Å². The van der Waals surface area contributed by atoms with E-state index in [2.05, 4.69) is 0 Å². The smallest absolute Gasteiger partial charge is 0.313 e. The largest absolute Gasteiger partial charge is 0.461 e. The van der Waals surface area contributed by atoms with Crippen LogP contribution in [0.15, 0.2) is 0 Å². The molecular formula is C6H8O2. The van der Waals surface area contributed by atoms with Gasteiger partial charge in [-0.05, 0) is 19.3 Å². The number of hydrogen-bond acceptors (Lipinski definition) is 2. The standard InChI is InChI=1S/C6H8O2/c7-6-4-2-1-3-5(4)8-6/h4-5H,1-3H2/t4?,5-/m1/s1. The van der Waals surface area contributed by atoms with Crippen LogP contribution in [-0.4, -0.2) is 12.1 Å². The SMILES string of the molecule is O=C1O[C@@H]2CCCC12. The van der Waals surface area contributed by atoms with Crippen molar-refractivity contribution in [3.8, 4) is 0 Å². The van der Waals surface area contributed by atoms with Crippen LogP contribution in [0.4, 0.5) is 0 Å². The third-order valence-electron chi connectivity index (χ3n) is 2.02. The number of fused-ring (bicyclic) bond motifs is 1. The first-order valence-corrected chi connectivity index (χ1v) is 3.08. The van der Waals surface area contributed by atoms with E-state index in [1.54, 1.807) is 0 Å². The van der Waals surface area contributed by atoms with Crippen LogP contribution < -0.4 is 0 Å². The molecular weight excluding hydrogens is 104 g/mol. The highest BCUT2D eigenvalue weighted by atomic mass is 16.6. The molecule has 8 heavy (non-hydrogen) atoms. The zero-order valence-electron chi connectivity index (χ0n) is 4.59. The third-order valence-corrected chi connectivity index (χ3v) is 2.02. The normalized spacial score (nSPS) is 42.8. The Morgan fingerprint density at radius 1 is 1.50 bits per heavy atom. The van der Waals surface area contributed by atoms with Gasteiger partial charge in [0.25, 0.3) is 0 Å². The van der Waals surface area contributed by atoms with Gasteiger partial charge in [-0.2, -0.15) is 0 Å². The fourth-order valence-corrected chi connectivity index (χ4v) is 1.50. The van der Waals surface area contributed by atoms with Crippen molar-refractivity contribution in [1.82, 2.24) is 0 Å². The number of carbonyl (C=O) groups excluding carboxylic acids is 1. The van der Waals surface area contributed by atoms with E-state index >= 15 is 0 Å². The summed E-state index contributed by atoms with van der Waals surface area (Å²) in [5.74, 6) is 0.336. The molecule has 1 saturated heterocycles. The Hall–Kier alpha value is -0.530. The zero-order chi connectivity index (χ0) is 5.56. The second-order valence-electron chi connectivity index (χ2n) is 2.51. The quantitative estimate of drug-likeness (QED) is 0.431. The van der Waals surface area contributed by atoms with Crippen molar-refractivity contribution >= 4 is 5.97 Å². The lowest BCUT2D eigenvalue weighted by molar-refractivity contribution is -0.179. The summed E-state index contributed by atoms with van der Waals surface area (Å²) < 4.78 is 4.82. The predicted octanol–water partition coefficient (Wildman–Crippen LogP) is 0.712. The maximum atomic E-state index is 10.5. The molecule has 2 rings (SSSR count). The van der Waals surface area contributed by atoms with E-state index in [1.807, 2.05) is 0 Å². The molecule has 2 atom stereocenters. The Kier molecular flexibility index (Phi) is 0.678. The van der Waals surface area contributed by atoms with Gasteiger partial charge in [-0.3, -0.25) is 4.79 Å². The molecule has 0 aromatic heterocycles. The average molecular weight is 112 g/mol. The van der Waals surface area contributed by atoms with Crippen molar-refractivity contribution in [3.05, 3.63) is 0 Å². The Labute approximate surface area is 47.8 Å². The molecule has 1 aliphatic carbocycles. The molecule has 44 valence electrons. The zero-order valence-corrected chi connectivity index (χ0v) is 4.59. The van der Waals surface area contributed by atoms with Crippen LogP contribution in [0.5, 0.6) is 0 Å². The molecule has 2 heteroatoms. The Morgan fingerprint density at radius 2 is 2.38 bits per heavy atom. The topological polar surface area (TPSA) is 26.3 Å². The van der Waals surface area contributed by atoms with E-state index in [4.69, 9.17) is 4.74 Å². The monoisotopic (exact) mass is 112 g/mol. The number of carbonyl (C=O) groups is 1. The highest BCUT2D eigenvalue weighted by Crippen LogP contribution is 2.36. The lowest BCUT2D eigenvalue weighted by Crippen LogP contribution is -2.40. The summed E-state index contributed by atoms with van der Waals surface area (Å²) in [7, 11) is 0. The van der Waals surface area contributed by atoms with E-state index in [9.17, 15) is 4.79 Å². The Morgan fingerprint density at radius 3 is 2.88 bits per heavy atom. The van der Waals surface area contributed by atoms with Crippen LogP contribution >= 0.6 is 0 Å². The molecule has 0 N–H and O–H groups in total. The molecule has 0 aromatic rings. The molecule has 1 heterocycles. The van der Waals surface area contributed by atoms with Gasteiger partial charge < -0.3 is 4.74 Å². The van der Waals surface area contributed by atoms with Gasteiger partial charge in [0.05, 0.1) is 5.92 Å². The minimum Gasteiger partial charge on any atom is -0.461 e. The number of ether oxygens (including phenoxy) is 1. The summed E-state index contributed by atoms with van der Waals surface area (Å²) in [6.07, 6.45) is 3.68. The Balaban J connectivity index is 2.11. The first-order chi connectivity index (χ1) is 3.88. The van der Waals surface area contributed by atoms with E-state index in [1.165, 1.54) is 6.42 Å². The average Bonchev–Trinajstić information content (AvgIpc) is 2.09. The highest BCUT2D eigenvalue weighted by Gasteiger charge is 2.45. The first-order valence-electron chi connectivity index (χ1n) is 3.08. The Bertz CT molecular complexity index is 130. The van der Waals surface area contributed by atoms with Gasteiger partial charge in [0.2, 0.25) is 0 Å². The molecule has 2 aliphatic rings. The molecule has 0 radical (unpaired) electrons. The molecule has 0 amide bonds. The van der Waals surface area contributed by atoms with Gasteiger partial charge in [0.1, 0.15) is 6.10 Å². The minimum absolute atomic E-state index is 0.0347. The van der Waals surface area contributed by atoms with Crippen LogP contribution in [-0.2, 0) is 9.53 Å². The lowest BCUT2D eigenvalue weighted by Gasteiger charge is -2.28. The number of esters is 1. The fourth-order valence-electron chi connectivity index (χ4n) is 1.50. The molecule has 0 spiro atoms. The van der Waals surface area contributed by atoms with Crippen molar-refractivity contribution in [2.75, 3.05) is 0 Å². The predicted molar refractivity (Wildman–Crippen MR) is 27.2 cm³/mol. The van der Waals surface area contributed by atoms with E-state index in [-0.39, 0.29) is 5.97 Å². The maximum Gasteiger partial charge on any atom is 0.313 e. The van der Waals surface area contributed by atoms with Crippen molar-refractivity contribution in [2.24, 2.45) is 5.92 Å². The molecule has 1 unspecified atom stereocenters. The van der Waals surface area contributed by atoms with Gasteiger partial charge in [0, 0.05) is 0 Å². The molecule has 0 bridgehead atoms. The molecule has 1 saturated carbocycles. The summed E-state index contributed by atoms with van der Waals surface area (Å²) in [4.78, 5) is 10.5. The number of rotatable bonds is 0. The van der Waals surface area contributed by atoms with E-state index in [0.717, 1.165) is 12.8 Å². The van der Waals surface area contributed by atoms with Gasteiger partial charge in [-0.25, -0.2) is 0 Å². The second kappa shape index (κ2) is 1.24. The summed E-state index contributed by atoms with van der Waals surface area (Å²) in [6, 6.07) is 0. The molecule has 2 nitrogen and oxygen atoms in total. The summed E-state index contributed by atoms with van der Waals surface area (Å²) >= 11 is 0. The van der Waals surface area contributed by atoms with Crippen LogP contribution in [0.2, 0.25) is 0 Å². The van der Waals surface area contributed by atoms with Crippen molar-refractivity contribution in [2.45, 2.75) is 25.4 Å². The summed E-state index contributed by atoms with van der Waals surface area (Å²) in [5.41, 5.74) is 0. The molecule has 0 aromatic carbocycles. The van der Waals surface area contributed by atoms with Crippen LogP contribution in [0.3, 0.4) is 0 Å². The maximum absolute atomic E-state index is 10.5. The molecule has 1 aliphatic heterocycles. The molecule has 2 fully saturated rings. The van der Waals surface area contributed by atoms with Gasteiger partial charge in [-0.15, -0.1) is 0 Å². The summed E-state index contributed by atoms with van der Waals surface area (Å²) in [6.45, 7) is 0. The first kappa shape index (κ1) is 4.36. The van der Waals surface area contributed by atoms with Crippen molar-refractivity contribution < 1.29 is 9.53 Å². The lowest BCUT2D eigenvalue weighted by atomic mass is 10.0. The van der Waals surface area contributed by atoms with Crippen LogP contribution in [0, 0.1) is 5.92 Å². The van der Waals surface area contributed by atoms with Crippen LogP contribution in [0.1, 0.15) is 19.3 Å². The van der Waals surface area contributed by atoms with E-state index < -0.39 is 0 Å². The van der Waals surface area contributed by atoms with Gasteiger partial charge in [-0.1, -0.05) is 0 Å². The third kappa shape index (κ3) is 0.358. The van der Waals surface area contributed by atoms with Crippen LogP contribution in [0.25, 0.3) is 0 Å². The summed E-state index contributed by atoms with van der Waals surface area (Å²) in [5, 5.41) is 0. The second-order valence-corrected chi connectivity index (χ2v) is 2.51. The van der Waals surface area contributed by atoms with Crippen molar-refractivity contribution in [1.29, 1.82) is 0 Å². The number of hydrogen-bond donors (Lipinski definition) is 0. The highest BCUT2D eigenvalue weighted by molar-refractivity contribution is 5.78. The van der Waals surface area contributed by atoms with Gasteiger partial charge in [0.15, 0.2) is 0 Å². The van der Waals surface area contributed by atoms with E-state index in [0.29, 0.717) is 12.0 Å². The van der Waals surface area contributed by atoms with Gasteiger partial charge >= 0.3 is 5.97 Å². The fraction of sp³-hybridized carbons (Fsp3) is 0.833.